The summed E-state index contributed by atoms with van der Waals surface area (Å²) in [4.78, 5) is 0. The van der Waals surface area contributed by atoms with Crippen LogP contribution in [0, 0.1) is 0 Å². The number of rotatable bonds is 10. The molecule has 1 unspecified atom stereocenters. The minimum atomic E-state index is -0.301. The third-order valence-electron chi connectivity index (χ3n) is 2.65. The van der Waals surface area contributed by atoms with Gasteiger partial charge < -0.3 is 13.9 Å². The maximum Gasteiger partial charge on any atom is 0.162 e. The van der Waals surface area contributed by atoms with E-state index in [1.54, 1.807) is 0 Å². The Bertz CT molecular complexity index is 147. The summed E-state index contributed by atoms with van der Waals surface area (Å²) in [6.45, 7) is 6.95. The molecule has 1 heterocycles. The molecule has 15 heavy (non-hydrogen) atoms. The number of hydrogen-bond acceptors (Lipinski definition) is 3. The lowest BCUT2D eigenvalue weighted by molar-refractivity contribution is 0.116. The Balaban J connectivity index is 1.75. The Labute approximate surface area is 95.4 Å². The number of epoxide rings is 1. The maximum atomic E-state index is 5.84. The van der Waals surface area contributed by atoms with Gasteiger partial charge in [0.25, 0.3) is 0 Å². The highest BCUT2D eigenvalue weighted by Gasteiger charge is 2.21. The first-order valence-electron chi connectivity index (χ1n) is 6.17. The lowest BCUT2D eigenvalue weighted by Crippen LogP contribution is -2.13. The van der Waals surface area contributed by atoms with Crippen LogP contribution in [0.5, 0.6) is 0 Å². The zero-order valence-electron chi connectivity index (χ0n) is 10.0. The summed E-state index contributed by atoms with van der Waals surface area (Å²) in [5, 5.41) is 0. The van der Waals surface area contributed by atoms with E-state index in [4.69, 9.17) is 13.9 Å². The van der Waals surface area contributed by atoms with E-state index in [9.17, 15) is 0 Å². The molecular formula is C11H24O3Si. The van der Waals surface area contributed by atoms with E-state index in [-0.39, 0.29) is 9.76 Å². The van der Waals surface area contributed by atoms with Crippen molar-refractivity contribution in [2.45, 2.75) is 51.4 Å². The van der Waals surface area contributed by atoms with Gasteiger partial charge >= 0.3 is 0 Å². The van der Waals surface area contributed by atoms with Crippen LogP contribution in [0.15, 0.2) is 0 Å². The van der Waals surface area contributed by atoms with Gasteiger partial charge in [-0.25, -0.2) is 0 Å². The Morgan fingerprint density at radius 3 is 2.73 bits per heavy atom. The van der Waals surface area contributed by atoms with Gasteiger partial charge in [-0.15, -0.1) is 0 Å². The van der Waals surface area contributed by atoms with Crippen LogP contribution in [-0.4, -0.2) is 41.8 Å². The fraction of sp³-hybridized carbons (Fsp3) is 1.00. The van der Waals surface area contributed by atoms with Crippen molar-refractivity contribution in [2.75, 3.05) is 19.8 Å². The van der Waals surface area contributed by atoms with Gasteiger partial charge in [0.05, 0.1) is 13.2 Å². The van der Waals surface area contributed by atoms with Gasteiger partial charge in [0.2, 0.25) is 0 Å². The second-order valence-electron chi connectivity index (χ2n) is 4.05. The molecule has 4 heteroatoms. The molecular weight excluding hydrogens is 208 g/mol. The molecule has 0 aromatic carbocycles. The van der Waals surface area contributed by atoms with Gasteiger partial charge in [-0.05, 0) is 25.3 Å². The van der Waals surface area contributed by atoms with E-state index in [1.807, 2.05) is 0 Å². The normalized spacial score (nSPS) is 20.6. The van der Waals surface area contributed by atoms with Gasteiger partial charge in [0.1, 0.15) is 6.10 Å². The van der Waals surface area contributed by atoms with E-state index in [1.165, 1.54) is 6.04 Å². The zero-order chi connectivity index (χ0) is 10.9. The van der Waals surface area contributed by atoms with Gasteiger partial charge in [-0.2, -0.15) is 0 Å². The van der Waals surface area contributed by atoms with Crippen LogP contribution in [0.1, 0.15) is 33.1 Å². The molecule has 0 amide bonds. The van der Waals surface area contributed by atoms with Crippen molar-refractivity contribution < 1.29 is 13.9 Å². The van der Waals surface area contributed by atoms with E-state index in [2.05, 4.69) is 13.8 Å². The fourth-order valence-corrected chi connectivity index (χ4v) is 2.84. The molecule has 0 saturated carbocycles. The van der Waals surface area contributed by atoms with Crippen LogP contribution in [-0.2, 0) is 13.9 Å². The van der Waals surface area contributed by atoms with Crippen molar-refractivity contribution in [3.63, 3.8) is 0 Å². The molecule has 0 bridgehead atoms. The highest BCUT2D eigenvalue weighted by molar-refractivity contribution is 6.27. The smallest absolute Gasteiger partial charge is 0.162 e. The summed E-state index contributed by atoms with van der Waals surface area (Å²) in [5.74, 6) is 0. The molecule has 90 valence electrons. The molecule has 1 atom stereocenters. The van der Waals surface area contributed by atoms with Gasteiger partial charge in [-0.1, -0.05) is 13.8 Å². The fourth-order valence-electron chi connectivity index (χ4n) is 1.46. The second-order valence-corrected chi connectivity index (χ2v) is 5.50. The van der Waals surface area contributed by atoms with Crippen molar-refractivity contribution in [1.29, 1.82) is 0 Å². The molecule has 0 aliphatic carbocycles. The summed E-state index contributed by atoms with van der Waals surface area (Å²) in [6.07, 6.45) is 4.37. The third-order valence-corrected chi connectivity index (χ3v) is 4.15. The Morgan fingerprint density at radius 2 is 2.13 bits per heavy atom. The summed E-state index contributed by atoms with van der Waals surface area (Å²) in [6, 6.07) is 1.24. The first-order valence-corrected chi connectivity index (χ1v) is 7.75. The summed E-state index contributed by atoms with van der Waals surface area (Å²) < 4.78 is 16.4. The summed E-state index contributed by atoms with van der Waals surface area (Å²) in [5.41, 5.74) is 0. The predicted octanol–water partition coefficient (Wildman–Crippen LogP) is 1.50. The molecule has 0 spiro atoms. The molecule has 1 fully saturated rings. The van der Waals surface area contributed by atoms with Crippen molar-refractivity contribution in [1.82, 2.24) is 0 Å². The first-order chi connectivity index (χ1) is 7.36. The Hall–Kier alpha value is 0.0969. The van der Waals surface area contributed by atoms with Crippen LogP contribution in [0.4, 0.5) is 0 Å². The van der Waals surface area contributed by atoms with Crippen LogP contribution in [0.25, 0.3) is 0 Å². The van der Waals surface area contributed by atoms with Crippen molar-refractivity contribution in [2.24, 2.45) is 0 Å². The van der Waals surface area contributed by atoms with Crippen LogP contribution >= 0.6 is 0 Å². The Morgan fingerprint density at radius 1 is 1.40 bits per heavy atom. The first kappa shape index (κ1) is 13.2. The lowest BCUT2D eigenvalue weighted by atomic mass is 10.2. The van der Waals surface area contributed by atoms with E-state index < -0.39 is 0 Å². The van der Waals surface area contributed by atoms with Crippen molar-refractivity contribution in [3.8, 4) is 0 Å². The minimum absolute atomic E-state index is 0.301. The van der Waals surface area contributed by atoms with Crippen LogP contribution < -0.4 is 0 Å². The monoisotopic (exact) mass is 232 g/mol. The predicted molar refractivity (Wildman–Crippen MR) is 64.0 cm³/mol. The third kappa shape index (κ3) is 7.06. The van der Waals surface area contributed by atoms with E-state index in [0.29, 0.717) is 12.2 Å². The summed E-state index contributed by atoms with van der Waals surface area (Å²) >= 11 is 0. The number of ether oxygens (including phenoxy) is 2. The molecule has 1 aliphatic heterocycles. The highest BCUT2D eigenvalue weighted by atomic mass is 28.2. The molecule has 0 radical (unpaired) electrons. The second kappa shape index (κ2) is 8.27. The molecule has 1 rings (SSSR count). The maximum absolute atomic E-state index is 5.84. The molecule has 0 aromatic rings. The highest BCUT2D eigenvalue weighted by Crippen LogP contribution is 2.09. The average Bonchev–Trinajstić information content (AvgIpc) is 3.06. The standard InChI is InChI=1S/C11H24O3Si/c1-3-10(4-2)14-15-7-5-6-12-8-11-9-13-11/h10-11H,3-9,15H2,1-2H3. The minimum Gasteiger partial charge on any atom is -0.421 e. The Kier molecular flexibility index (Phi) is 7.26. The number of hydrogen-bond donors (Lipinski definition) is 0. The van der Waals surface area contributed by atoms with Gasteiger partial charge in [-0.3, -0.25) is 0 Å². The van der Waals surface area contributed by atoms with Gasteiger partial charge in [0, 0.05) is 12.7 Å². The SMILES string of the molecule is CCC(CC)O[SiH2]CCCOCC1CO1. The van der Waals surface area contributed by atoms with Crippen molar-refractivity contribution in [3.05, 3.63) is 0 Å². The topological polar surface area (TPSA) is 31.0 Å². The van der Waals surface area contributed by atoms with Gasteiger partial charge in [0.15, 0.2) is 9.76 Å². The van der Waals surface area contributed by atoms with Crippen LogP contribution in [0.3, 0.4) is 0 Å². The van der Waals surface area contributed by atoms with E-state index in [0.717, 1.165) is 39.1 Å². The molecule has 3 nitrogen and oxygen atoms in total. The van der Waals surface area contributed by atoms with E-state index >= 15 is 0 Å². The molecule has 1 aliphatic rings. The molecule has 0 aromatic heterocycles. The molecule has 1 saturated heterocycles. The quantitative estimate of drug-likeness (QED) is 0.325. The average molecular weight is 232 g/mol. The lowest BCUT2D eigenvalue weighted by Gasteiger charge is -2.13. The van der Waals surface area contributed by atoms with Crippen LogP contribution in [0.2, 0.25) is 6.04 Å². The van der Waals surface area contributed by atoms with Crippen molar-refractivity contribution >= 4 is 9.76 Å². The molecule has 0 N–H and O–H groups in total. The zero-order valence-corrected chi connectivity index (χ0v) is 11.5. The summed E-state index contributed by atoms with van der Waals surface area (Å²) in [7, 11) is -0.301. The largest absolute Gasteiger partial charge is 0.421 e.